The Morgan fingerprint density at radius 1 is 1.43 bits per heavy atom. The molecule has 1 N–H and O–H groups in total. The van der Waals surface area contributed by atoms with Crippen LogP contribution in [0.4, 0.5) is 0 Å². The highest BCUT2D eigenvalue weighted by Gasteiger charge is 2.51. The van der Waals surface area contributed by atoms with Gasteiger partial charge in [0.05, 0.1) is 11.8 Å². The van der Waals surface area contributed by atoms with Crippen LogP contribution in [0.3, 0.4) is 0 Å². The molecule has 112 valence electrons. The number of aryl methyl sites for hydroxylation is 1. The Bertz CT molecular complexity index is 767. The Balaban J connectivity index is 1.54. The summed E-state index contributed by atoms with van der Waals surface area (Å²) >= 11 is 3.41. The van der Waals surface area contributed by atoms with Gasteiger partial charge in [-0.2, -0.15) is 4.52 Å². The second-order valence-electron chi connectivity index (χ2n) is 6.45. The molecule has 0 unspecified atom stereocenters. The molecule has 2 aliphatic rings. The SMILES string of the molecule is Cn1c(Br)cc2nc(CN3CC4(CC(O)C4)C3)cc(=O)n21. The van der Waals surface area contributed by atoms with Gasteiger partial charge in [-0.25, -0.2) is 4.98 Å². The van der Waals surface area contributed by atoms with Crippen LogP contribution in [0.2, 0.25) is 0 Å². The van der Waals surface area contributed by atoms with Crippen LogP contribution in [-0.2, 0) is 13.6 Å². The van der Waals surface area contributed by atoms with Crippen molar-refractivity contribution in [2.24, 2.45) is 12.5 Å². The number of hydrogen-bond donors (Lipinski definition) is 1. The molecule has 1 saturated heterocycles. The molecule has 6 nitrogen and oxygen atoms in total. The van der Waals surface area contributed by atoms with E-state index in [0.717, 1.165) is 36.2 Å². The highest BCUT2D eigenvalue weighted by atomic mass is 79.9. The van der Waals surface area contributed by atoms with Gasteiger partial charge in [0.15, 0.2) is 5.65 Å². The first-order valence-electron chi connectivity index (χ1n) is 7.10. The summed E-state index contributed by atoms with van der Waals surface area (Å²) in [5, 5.41) is 9.43. The van der Waals surface area contributed by atoms with Gasteiger partial charge in [-0.15, -0.1) is 0 Å². The van der Waals surface area contributed by atoms with Crippen LogP contribution >= 0.6 is 15.9 Å². The second-order valence-corrected chi connectivity index (χ2v) is 7.27. The second kappa shape index (κ2) is 4.41. The maximum atomic E-state index is 12.2. The van der Waals surface area contributed by atoms with E-state index in [2.05, 4.69) is 25.8 Å². The van der Waals surface area contributed by atoms with Gasteiger partial charge in [-0.3, -0.25) is 14.4 Å². The molecule has 2 aromatic rings. The summed E-state index contributed by atoms with van der Waals surface area (Å²) in [5.74, 6) is 0. The number of aromatic nitrogens is 3. The molecule has 7 heteroatoms. The van der Waals surface area contributed by atoms with Crippen molar-refractivity contribution >= 4 is 21.6 Å². The molecule has 0 bridgehead atoms. The molecule has 0 aromatic carbocycles. The minimum Gasteiger partial charge on any atom is -0.393 e. The third-order valence-electron chi connectivity index (χ3n) is 4.67. The lowest BCUT2D eigenvalue weighted by molar-refractivity contribution is -0.131. The number of hydrogen-bond acceptors (Lipinski definition) is 4. The lowest BCUT2D eigenvalue weighted by Crippen LogP contribution is -2.63. The largest absolute Gasteiger partial charge is 0.393 e. The standard InChI is InChI=1S/C14H17BrN4O2/c1-17-11(15)3-12-16-9(2-13(21)19(12)17)6-18-7-14(8-18)4-10(20)5-14/h2-3,10,20H,4-8H2,1H3. The van der Waals surface area contributed by atoms with Crippen LogP contribution < -0.4 is 5.56 Å². The lowest BCUT2D eigenvalue weighted by Gasteiger charge is -2.57. The summed E-state index contributed by atoms with van der Waals surface area (Å²) in [5.41, 5.74) is 1.76. The van der Waals surface area contributed by atoms with E-state index >= 15 is 0 Å². The van der Waals surface area contributed by atoms with Crippen molar-refractivity contribution in [3.8, 4) is 0 Å². The fraction of sp³-hybridized carbons (Fsp3) is 0.571. The normalized spacial score (nSPS) is 21.7. The van der Waals surface area contributed by atoms with Crippen molar-refractivity contribution in [3.05, 3.63) is 32.8 Å². The molecule has 1 aliphatic carbocycles. The number of nitrogens with zero attached hydrogens (tertiary/aromatic N) is 4. The van der Waals surface area contributed by atoms with E-state index in [1.165, 1.54) is 0 Å². The predicted molar refractivity (Wildman–Crippen MR) is 81.1 cm³/mol. The zero-order chi connectivity index (χ0) is 14.8. The average molecular weight is 353 g/mol. The Kier molecular flexibility index (Phi) is 2.83. The molecular formula is C14H17BrN4O2. The maximum absolute atomic E-state index is 12.2. The number of rotatable bonds is 2. The van der Waals surface area contributed by atoms with E-state index in [1.54, 1.807) is 15.3 Å². The third kappa shape index (κ3) is 2.06. The highest BCUT2D eigenvalue weighted by Crippen LogP contribution is 2.48. The van der Waals surface area contributed by atoms with Gasteiger partial charge in [0, 0.05) is 44.2 Å². The Morgan fingerprint density at radius 2 is 2.14 bits per heavy atom. The van der Waals surface area contributed by atoms with Gasteiger partial charge in [0.2, 0.25) is 0 Å². The zero-order valence-electron chi connectivity index (χ0n) is 11.8. The van der Waals surface area contributed by atoms with Crippen LogP contribution in [-0.4, -0.2) is 43.4 Å². The maximum Gasteiger partial charge on any atom is 0.273 e. The van der Waals surface area contributed by atoms with E-state index in [9.17, 15) is 9.90 Å². The Morgan fingerprint density at radius 3 is 2.81 bits per heavy atom. The summed E-state index contributed by atoms with van der Waals surface area (Å²) < 4.78 is 4.12. The molecule has 1 aliphatic heterocycles. The monoisotopic (exact) mass is 352 g/mol. The van der Waals surface area contributed by atoms with Gasteiger partial charge in [-0.1, -0.05) is 0 Å². The van der Waals surface area contributed by atoms with Crippen molar-refractivity contribution in [2.75, 3.05) is 13.1 Å². The summed E-state index contributed by atoms with van der Waals surface area (Å²) in [6.45, 7) is 2.71. The molecule has 0 atom stereocenters. The van der Waals surface area contributed by atoms with Gasteiger partial charge < -0.3 is 5.11 Å². The average Bonchev–Trinajstić information content (AvgIpc) is 2.61. The summed E-state index contributed by atoms with van der Waals surface area (Å²) in [6, 6.07) is 3.46. The van der Waals surface area contributed by atoms with Crippen molar-refractivity contribution in [1.82, 2.24) is 19.1 Å². The third-order valence-corrected chi connectivity index (χ3v) is 5.41. The molecular weight excluding hydrogens is 336 g/mol. The summed E-state index contributed by atoms with van der Waals surface area (Å²) in [7, 11) is 1.82. The number of likely N-dealkylation sites (tertiary alicyclic amines) is 1. The molecule has 2 fully saturated rings. The van der Waals surface area contributed by atoms with Crippen LogP contribution in [0.25, 0.3) is 5.65 Å². The lowest BCUT2D eigenvalue weighted by atomic mass is 9.62. The van der Waals surface area contributed by atoms with E-state index in [-0.39, 0.29) is 11.7 Å². The fourth-order valence-corrected chi connectivity index (χ4v) is 4.12. The Hall–Kier alpha value is -1.18. The summed E-state index contributed by atoms with van der Waals surface area (Å²) in [4.78, 5) is 19.0. The van der Waals surface area contributed by atoms with Crippen LogP contribution in [0.15, 0.2) is 21.5 Å². The quantitative estimate of drug-likeness (QED) is 0.866. The van der Waals surface area contributed by atoms with E-state index in [0.29, 0.717) is 17.6 Å². The molecule has 2 aromatic heterocycles. The van der Waals surface area contributed by atoms with Gasteiger partial charge in [0.25, 0.3) is 5.56 Å². The van der Waals surface area contributed by atoms with Gasteiger partial charge in [-0.05, 0) is 28.8 Å². The van der Waals surface area contributed by atoms with Crippen LogP contribution in [0.5, 0.6) is 0 Å². The minimum atomic E-state index is -0.104. The summed E-state index contributed by atoms with van der Waals surface area (Å²) in [6.07, 6.45) is 1.74. The van der Waals surface area contributed by atoms with Crippen LogP contribution in [0.1, 0.15) is 18.5 Å². The van der Waals surface area contributed by atoms with Crippen molar-refractivity contribution in [2.45, 2.75) is 25.5 Å². The number of aliphatic hydroxyl groups excluding tert-OH is 1. The van der Waals surface area contributed by atoms with Crippen LogP contribution in [0, 0.1) is 5.41 Å². The van der Waals surface area contributed by atoms with Crippen molar-refractivity contribution < 1.29 is 5.11 Å². The first-order valence-corrected chi connectivity index (χ1v) is 7.90. The molecule has 3 heterocycles. The smallest absolute Gasteiger partial charge is 0.273 e. The topological polar surface area (TPSA) is 62.8 Å². The van der Waals surface area contributed by atoms with E-state index in [4.69, 9.17) is 0 Å². The molecule has 0 radical (unpaired) electrons. The molecule has 0 amide bonds. The zero-order valence-corrected chi connectivity index (χ0v) is 13.4. The molecule has 21 heavy (non-hydrogen) atoms. The number of halogens is 1. The number of fused-ring (bicyclic) bond motifs is 1. The first kappa shape index (κ1) is 13.5. The highest BCUT2D eigenvalue weighted by molar-refractivity contribution is 9.10. The van der Waals surface area contributed by atoms with Gasteiger partial charge in [0.1, 0.15) is 4.60 Å². The van der Waals surface area contributed by atoms with Crippen molar-refractivity contribution in [3.63, 3.8) is 0 Å². The molecule has 4 rings (SSSR count). The number of aliphatic hydroxyl groups is 1. The predicted octanol–water partition coefficient (Wildman–Crippen LogP) is 0.752. The Labute approximate surface area is 130 Å². The van der Waals surface area contributed by atoms with E-state index in [1.807, 2.05) is 13.1 Å². The van der Waals surface area contributed by atoms with E-state index < -0.39 is 0 Å². The van der Waals surface area contributed by atoms with Gasteiger partial charge >= 0.3 is 0 Å². The first-order chi connectivity index (χ1) is 9.96. The molecule has 1 spiro atoms. The fourth-order valence-electron chi connectivity index (χ4n) is 3.76. The minimum absolute atomic E-state index is 0.0579. The van der Waals surface area contributed by atoms with Crippen molar-refractivity contribution in [1.29, 1.82) is 0 Å². The molecule has 1 saturated carbocycles.